The van der Waals surface area contributed by atoms with E-state index in [1.165, 1.54) is 37.1 Å². The molecule has 0 saturated carbocycles. The van der Waals surface area contributed by atoms with E-state index in [1.807, 2.05) is 0 Å². The van der Waals surface area contributed by atoms with Gasteiger partial charge >= 0.3 is 24.1 Å². The van der Waals surface area contributed by atoms with Crippen molar-refractivity contribution in [1.29, 1.82) is 0 Å². The smallest absolute Gasteiger partial charge is 0.477 e. The first-order valence-corrected chi connectivity index (χ1v) is 11.6. The van der Waals surface area contributed by atoms with E-state index in [0.29, 0.717) is 4.88 Å². The van der Waals surface area contributed by atoms with E-state index in [1.54, 1.807) is 17.5 Å². The van der Waals surface area contributed by atoms with Gasteiger partial charge in [0.1, 0.15) is 23.7 Å². The van der Waals surface area contributed by atoms with Gasteiger partial charge in [-0.2, -0.15) is 13.2 Å². The lowest BCUT2D eigenvalue weighted by Crippen LogP contribution is -2.81. The summed E-state index contributed by atoms with van der Waals surface area (Å²) in [6, 6.07) is 2.46. The number of ether oxygens (including phenoxy) is 2. The van der Waals surface area contributed by atoms with E-state index < -0.39 is 53.0 Å². The highest BCUT2D eigenvalue weighted by Gasteiger charge is 2.66. The third-order valence-electron chi connectivity index (χ3n) is 4.77. The van der Waals surface area contributed by atoms with Crippen LogP contribution in [0.15, 0.2) is 28.8 Å². The lowest BCUT2D eigenvalue weighted by Gasteiger charge is -2.55. The Balaban J connectivity index is 0.000000572. The molecule has 2 amide bonds. The molecule has 1 saturated heterocycles. The number of esters is 1. The molecular formula is C19H20F3N3O9S2. The third-order valence-corrected chi connectivity index (χ3v) is 7.10. The SMILES string of the molecule is CO[C@@]1(NC(=O)C(N)c2cccs2)C(=O)N2C(C(=O)O)=C(COC(C)=O)CS[C@@H]21.O=C(O)C(F)(F)F. The van der Waals surface area contributed by atoms with Crippen LogP contribution in [-0.2, 0) is 33.4 Å². The number of carboxylic acids is 2. The number of fused-ring (bicyclic) bond motifs is 1. The number of carboxylic acid groups (broad SMARTS) is 2. The average molecular weight is 556 g/mol. The Morgan fingerprint density at radius 2 is 1.94 bits per heavy atom. The minimum atomic E-state index is -5.08. The molecule has 1 fully saturated rings. The first kappa shape index (κ1) is 29.1. The molecule has 2 aliphatic rings. The highest BCUT2D eigenvalue weighted by molar-refractivity contribution is 8.00. The van der Waals surface area contributed by atoms with Gasteiger partial charge in [-0.05, 0) is 11.4 Å². The second kappa shape index (κ2) is 11.3. The molecule has 3 heterocycles. The summed E-state index contributed by atoms with van der Waals surface area (Å²) in [5.74, 6) is -5.83. The Hall–Kier alpha value is -3.15. The second-order valence-corrected chi connectivity index (χ2v) is 9.15. The van der Waals surface area contributed by atoms with Gasteiger partial charge in [-0.3, -0.25) is 19.3 Å². The predicted octanol–water partition coefficient (Wildman–Crippen LogP) is 0.657. The van der Waals surface area contributed by atoms with Gasteiger partial charge in [0.2, 0.25) is 5.91 Å². The van der Waals surface area contributed by atoms with Crippen LogP contribution < -0.4 is 11.1 Å². The number of nitrogens with two attached hydrogens (primary N) is 1. The fraction of sp³-hybridized carbons (Fsp3) is 0.421. The zero-order chi connectivity index (χ0) is 27.4. The van der Waals surface area contributed by atoms with Gasteiger partial charge in [-0.1, -0.05) is 6.07 Å². The largest absolute Gasteiger partial charge is 0.490 e. The normalized spacial score (nSPS) is 21.9. The molecule has 1 aromatic rings. The topological polar surface area (TPSA) is 186 Å². The summed E-state index contributed by atoms with van der Waals surface area (Å²) in [4.78, 5) is 58.9. The molecule has 36 heavy (non-hydrogen) atoms. The van der Waals surface area contributed by atoms with E-state index in [2.05, 4.69) is 5.32 Å². The number of alkyl halides is 3. The number of β-lactam (4-membered cyclic amide) rings is 1. The summed E-state index contributed by atoms with van der Waals surface area (Å²) in [6.45, 7) is 0.965. The molecule has 0 aliphatic carbocycles. The fourth-order valence-electron chi connectivity index (χ4n) is 3.10. The number of nitrogens with zero attached hydrogens (tertiary/aromatic N) is 1. The zero-order valence-electron chi connectivity index (χ0n) is 18.5. The van der Waals surface area contributed by atoms with Crippen LogP contribution in [0, 0.1) is 0 Å². The number of thiophene rings is 1. The summed E-state index contributed by atoms with van der Waals surface area (Å²) in [7, 11) is 1.26. The number of nitrogens with one attached hydrogen (secondary N) is 1. The van der Waals surface area contributed by atoms with Crippen LogP contribution in [0.3, 0.4) is 0 Å². The van der Waals surface area contributed by atoms with Crippen LogP contribution in [0.5, 0.6) is 0 Å². The first-order valence-electron chi connectivity index (χ1n) is 9.67. The van der Waals surface area contributed by atoms with Crippen molar-refractivity contribution in [2.24, 2.45) is 5.73 Å². The predicted molar refractivity (Wildman–Crippen MR) is 117 cm³/mol. The van der Waals surface area contributed by atoms with Crippen molar-refractivity contribution in [3.05, 3.63) is 33.7 Å². The summed E-state index contributed by atoms with van der Waals surface area (Å²) in [6.07, 6.45) is -5.08. The number of rotatable bonds is 7. The molecule has 3 rings (SSSR count). The van der Waals surface area contributed by atoms with E-state index in [0.717, 1.165) is 4.90 Å². The number of methoxy groups -OCH3 is 1. The second-order valence-electron chi connectivity index (χ2n) is 7.10. The molecule has 2 aliphatic heterocycles. The molecule has 198 valence electrons. The van der Waals surface area contributed by atoms with Crippen LogP contribution in [0.4, 0.5) is 13.2 Å². The fourth-order valence-corrected chi connectivity index (χ4v) is 5.25. The molecule has 0 bridgehead atoms. The van der Waals surface area contributed by atoms with E-state index in [9.17, 15) is 37.5 Å². The van der Waals surface area contributed by atoms with Gasteiger partial charge in [0.25, 0.3) is 11.6 Å². The van der Waals surface area contributed by atoms with Crippen LogP contribution >= 0.6 is 23.1 Å². The molecule has 1 aromatic heterocycles. The van der Waals surface area contributed by atoms with Gasteiger partial charge in [0, 0.05) is 30.2 Å². The van der Waals surface area contributed by atoms with Crippen LogP contribution in [0.2, 0.25) is 0 Å². The monoisotopic (exact) mass is 555 g/mol. The molecule has 0 aromatic carbocycles. The highest BCUT2D eigenvalue weighted by atomic mass is 32.2. The zero-order valence-corrected chi connectivity index (χ0v) is 20.2. The van der Waals surface area contributed by atoms with Crippen LogP contribution in [0.1, 0.15) is 17.8 Å². The maximum absolute atomic E-state index is 12.9. The van der Waals surface area contributed by atoms with Gasteiger partial charge in [0.15, 0.2) is 0 Å². The number of carbonyl (C=O) groups is 5. The van der Waals surface area contributed by atoms with Gasteiger partial charge in [-0.15, -0.1) is 23.1 Å². The maximum Gasteiger partial charge on any atom is 0.490 e. The lowest BCUT2D eigenvalue weighted by atomic mass is 9.97. The number of amides is 2. The molecule has 0 spiro atoms. The third kappa shape index (κ3) is 5.97. The highest BCUT2D eigenvalue weighted by Crippen LogP contribution is 2.46. The Morgan fingerprint density at radius 1 is 1.33 bits per heavy atom. The Bertz CT molecular complexity index is 1080. The van der Waals surface area contributed by atoms with Crippen LogP contribution in [0.25, 0.3) is 0 Å². The number of hydrogen-bond acceptors (Lipinski definition) is 10. The van der Waals surface area contributed by atoms with Crippen molar-refractivity contribution < 1.29 is 56.8 Å². The molecular weight excluding hydrogens is 535 g/mol. The van der Waals surface area contributed by atoms with E-state index in [-0.39, 0.29) is 23.6 Å². The maximum atomic E-state index is 12.9. The molecule has 1 unspecified atom stereocenters. The van der Waals surface area contributed by atoms with Gasteiger partial charge in [0.05, 0.1) is 0 Å². The van der Waals surface area contributed by atoms with Gasteiger partial charge < -0.3 is 30.7 Å². The number of aliphatic carboxylic acids is 2. The standard InChI is InChI=1S/C17H19N3O7S2.C2HF3O2/c1-8(21)27-6-9-7-29-16-17(26-2,15(25)20(16)12(9)14(23)24)19-13(22)11(18)10-4-3-5-28-10;3-2(4,5)1(6)7/h3-5,11,16H,6-7,18H2,1-2H3,(H,19,22)(H,23,24);(H,6,7)/t11?,16-,17+;/m1./s1. The van der Waals surface area contributed by atoms with Crippen molar-refractivity contribution >= 4 is 52.8 Å². The summed E-state index contributed by atoms with van der Waals surface area (Å²) in [5.41, 5.74) is 4.24. The first-order chi connectivity index (χ1) is 16.7. The quantitative estimate of drug-likeness (QED) is 0.210. The van der Waals surface area contributed by atoms with Crippen molar-refractivity contribution in [3.8, 4) is 0 Å². The number of hydrogen-bond donors (Lipinski definition) is 4. The average Bonchev–Trinajstić information content (AvgIpc) is 3.34. The minimum Gasteiger partial charge on any atom is -0.477 e. The van der Waals surface area contributed by atoms with E-state index >= 15 is 0 Å². The number of halogens is 3. The number of carbonyl (C=O) groups excluding carboxylic acids is 3. The summed E-state index contributed by atoms with van der Waals surface area (Å²) in [5, 5.41) is 20.3. The molecule has 12 nitrogen and oxygen atoms in total. The van der Waals surface area contributed by atoms with Crippen LogP contribution in [-0.4, -0.2) is 81.6 Å². The molecule has 17 heteroatoms. The Morgan fingerprint density at radius 3 is 2.39 bits per heavy atom. The van der Waals surface area contributed by atoms with Crippen molar-refractivity contribution in [3.63, 3.8) is 0 Å². The number of thioether (sulfide) groups is 1. The van der Waals surface area contributed by atoms with Crippen molar-refractivity contribution in [2.45, 2.75) is 30.2 Å². The Kier molecular flexibility index (Phi) is 9.11. The van der Waals surface area contributed by atoms with Crippen molar-refractivity contribution in [1.82, 2.24) is 10.2 Å². The summed E-state index contributed by atoms with van der Waals surface area (Å²) < 4.78 is 42.0. The van der Waals surface area contributed by atoms with Gasteiger partial charge in [-0.25, -0.2) is 9.59 Å². The minimum absolute atomic E-state index is 0.182. The summed E-state index contributed by atoms with van der Waals surface area (Å²) >= 11 is 2.50. The van der Waals surface area contributed by atoms with Crippen molar-refractivity contribution in [2.75, 3.05) is 19.5 Å². The molecule has 5 N–H and O–H groups in total. The van der Waals surface area contributed by atoms with E-state index in [4.69, 9.17) is 25.1 Å². The lowest BCUT2D eigenvalue weighted by molar-refractivity contribution is -0.193. The molecule has 3 atom stereocenters. The molecule has 0 radical (unpaired) electrons. The Labute approximate surface area is 209 Å².